The highest BCUT2D eigenvalue weighted by Crippen LogP contribution is 1.95. The van der Waals surface area contributed by atoms with E-state index in [-0.39, 0.29) is 12.3 Å². The van der Waals surface area contributed by atoms with Crippen molar-refractivity contribution in [2.24, 2.45) is 0 Å². The molecule has 0 aliphatic rings. The average molecular weight is 215 g/mol. The van der Waals surface area contributed by atoms with Gasteiger partial charge in [-0.3, -0.25) is 4.79 Å². The zero-order valence-corrected chi connectivity index (χ0v) is 9.03. The second-order valence-corrected chi connectivity index (χ2v) is 3.01. The third kappa shape index (κ3) is 6.68. The van der Waals surface area contributed by atoms with E-state index in [1.54, 1.807) is 19.1 Å². The molecule has 5 heteroatoms. The van der Waals surface area contributed by atoms with Crippen LogP contribution in [0, 0.1) is 0 Å². The van der Waals surface area contributed by atoms with Crippen molar-refractivity contribution in [1.29, 1.82) is 0 Å². The number of amides is 1. The molecule has 0 saturated heterocycles. The summed E-state index contributed by atoms with van der Waals surface area (Å²) in [4.78, 5) is 21.9. The predicted octanol–water partition coefficient (Wildman–Crippen LogP) is 0.558. The summed E-state index contributed by atoms with van der Waals surface area (Å²) in [6.45, 7) is 2.09. The van der Waals surface area contributed by atoms with E-state index in [9.17, 15) is 9.59 Å². The van der Waals surface area contributed by atoms with E-state index >= 15 is 0 Å². The maximum atomic E-state index is 11.2. The average Bonchev–Trinajstić information content (AvgIpc) is 2.20. The number of ether oxygens (including phenoxy) is 1. The molecule has 2 N–H and O–H groups in total. The van der Waals surface area contributed by atoms with Gasteiger partial charge in [0.25, 0.3) is 0 Å². The lowest BCUT2D eigenvalue weighted by Crippen LogP contribution is -2.40. The molecule has 0 saturated carbocycles. The van der Waals surface area contributed by atoms with E-state index in [0.717, 1.165) is 0 Å². The first-order chi connectivity index (χ1) is 7.11. The molecule has 0 radical (unpaired) electrons. The second kappa shape index (κ2) is 7.99. The van der Waals surface area contributed by atoms with Gasteiger partial charge in [0.2, 0.25) is 5.91 Å². The molecule has 1 unspecified atom stereocenters. The normalized spacial score (nSPS) is 12.7. The van der Waals surface area contributed by atoms with E-state index in [4.69, 9.17) is 9.84 Å². The van der Waals surface area contributed by atoms with Crippen molar-refractivity contribution in [2.75, 3.05) is 13.7 Å². The lowest BCUT2D eigenvalue weighted by atomic mass is 10.2. The third-order valence-corrected chi connectivity index (χ3v) is 1.77. The standard InChI is InChI=1S/C10H17NO4/c1-3-4-5-8(10(13)14)11-9(12)6-7-15-2/h3-4,8H,5-7H2,1-2H3,(H,11,12)(H,13,14)/b4-3+. The Hall–Kier alpha value is -1.36. The molecule has 0 aromatic carbocycles. The van der Waals surface area contributed by atoms with Crippen LogP contribution in [0.25, 0.3) is 0 Å². The van der Waals surface area contributed by atoms with Crippen molar-refractivity contribution in [2.45, 2.75) is 25.8 Å². The van der Waals surface area contributed by atoms with Gasteiger partial charge in [0.05, 0.1) is 6.61 Å². The molecule has 0 rings (SSSR count). The fourth-order valence-corrected chi connectivity index (χ4v) is 0.955. The molecule has 15 heavy (non-hydrogen) atoms. The topological polar surface area (TPSA) is 75.6 Å². The third-order valence-electron chi connectivity index (χ3n) is 1.77. The SMILES string of the molecule is C/C=C/CC(NC(=O)CCOC)C(=O)O. The zero-order chi connectivity index (χ0) is 11.7. The summed E-state index contributed by atoms with van der Waals surface area (Å²) in [6.07, 6.45) is 3.92. The highest BCUT2D eigenvalue weighted by atomic mass is 16.5. The van der Waals surface area contributed by atoms with E-state index in [0.29, 0.717) is 13.0 Å². The monoisotopic (exact) mass is 215 g/mol. The molecule has 0 aromatic rings. The smallest absolute Gasteiger partial charge is 0.326 e. The van der Waals surface area contributed by atoms with Gasteiger partial charge in [-0.05, 0) is 13.3 Å². The molecule has 1 atom stereocenters. The minimum atomic E-state index is -1.03. The Morgan fingerprint density at radius 1 is 1.53 bits per heavy atom. The number of aliphatic carboxylic acids is 1. The summed E-state index contributed by atoms with van der Waals surface area (Å²) in [6, 6.07) is -0.856. The van der Waals surface area contributed by atoms with Crippen LogP contribution < -0.4 is 5.32 Å². The van der Waals surface area contributed by atoms with Gasteiger partial charge in [-0.25, -0.2) is 4.79 Å². The first kappa shape index (κ1) is 13.6. The molecule has 0 spiro atoms. The summed E-state index contributed by atoms with van der Waals surface area (Å²) >= 11 is 0. The van der Waals surface area contributed by atoms with Crippen LogP contribution in [-0.2, 0) is 14.3 Å². The molecule has 1 amide bonds. The number of carbonyl (C=O) groups is 2. The number of rotatable bonds is 7. The van der Waals surface area contributed by atoms with Gasteiger partial charge in [0, 0.05) is 13.5 Å². The van der Waals surface area contributed by atoms with Crippen molar-refractivity contribution in [3.63, 3.8) is 0 Å². The summed E-state index contributed by atoms with van der Waals surface area (Å²) in [5.74, 6) is -1.34. The van der Waals surface area contributed by atoms with E-state index in [1.807, 2.05) is 0 Å². The second-order valence-electron chi connectivity index (χ2n) is 3.01. The summed E-state index contributed by atoms with van der Waals surface area (Å²) in [5.41, 5.74) is 0. The number of hydrogen-bond donors (Lipinski definition) is 2. The number of carbonyl (C=O) groups excluding carboxylic acids is 1. The Morgan fingerprint density at radius 3 is 2.67 bits per heavy atom. The lowest BCUT2D eigenvalue weighted by Gasteiger charge is -2.12. The van der Waals surface area contributed by atoms with Crippen LogP contribution in [0.15, 0.2) is 12.2 Å². The van der Waals surface area contributed by atoms with Gasteiger partial charge in [0.15, 0.2) is 0 Å². The molecule has 0 aliphatic carbocycles. The van der Waals surface area contributed by atoms with E-state index in [1.165, 1.54) is 7.11 Å². The van der Waals surface area contributed by atoms with Crippen LogP contribution in [0.1, 0.15) is 19.8 Å². The summed E-state index contributed by atoms with van der Waals surface area (Å²) in [5, 5.41) is 11.2. The largest absolute Gasteiger partial charge is 0.480 e. The molecule has 0 fully saturated rings. The number of hydrogen-bond acceptors (Lipinski definition) is 3. The number of carboxylic acids is 1. The van der Waals surface area contributed by atoms with Crippen molar-refractivity contribution >= 4 is 11.9 Å². The van der Waals surface area contributed by atoms with Crippen molar-refractivity contribution < 1.29 is 19.4 Å². The Labute approximate surface area is 89.1 Å². The predicted molar refractivity (Wildman–Crippen MR) is 55.5 cm³/mol. The van der Waals surface area contributed by atoms with Crippen molar-refractivity contribution in [3.8, 4) is 0 Å². The molecule has 0 aromatic heterocycles. The van der Waals surface area contributed by atoms with Crippen molar-refractivity contribution in [1.82, 2.24) is 5.32 Å². The van der Waals surface area contributed by atoms with Crippen LogP contribution in [0.2, 0.25) is 0 Å². The van der Waals surface area contributed by atoms with Crippen LogP contribution in [-0.4, -0.2) is 36.7 Å². The lowest BCUT2D eigenvalue weighted by molar-refractivity contribution is -0.141. The summed E-state index contributed by atoms with van der Waals surface area (Å²) < 4.78 is 4.71. The minimum absolute atomic E-state index is 0.177. The minimum Gasteiger partial charge on any atom is -0.480 e. The summed E-state index contributed by atoms with van der Waals surface area (Å²) in [7, 11) is 1.49. The molecule has 5 nitrogen and oxygen atoms in total. The van der Waals surface area contributed by atoms with E-state index in [2.05, 4.69) is 5.32 Å². The number of carboxylic acid groups (broad SMARTS) is 1. The highest BCUT2D eigenvalue weighted by molar-refractivity contribution is 5.83. The molecular weight excluding hydrogens is 198 g/mol. The first-order valence-corrected chi connectivity index (χ1v) is 4.74. The maximum absolute atomic E-state index is 11.2. The first-order valence-electron chi connectivity index (χ1n) is 4.74. The van der Waals surface area contributed by atoms with Gasteiger partial charge in [0.1, 0.15) is 6.04 Å². The fraction of sp³-hybridized carbons (Fsp3) is 0.600. The Balaban J connectivity index is 4.04. The number of methoxy groups -OCH3 is 1. The quantitative estimate of drug-likeness (QED) is 0.608. The highest BCUT2D eigenvalue weighted by Gasteiger charge is 2.17. The Morgan fingerprint density at radius 2 is 2.20 bits per heavy atom. The maximum Gasteiger partial charge on any atom is 0.326 e. The zero-order valence-electron chi connectivity index (χ0n) is 9.03. The number of allylic oxidation sites excluding steroid dienone is 1. The van der Waals surface area contributed by atoms with Crippen LogP contribution >= 0.6 is 0 Å². The van der Waals surface area contributed by atoms with Crippen LogP contribution in [0.3, 0.4) is 0 Å². The Kier molecular flexibility index (Phi) is 7.27. The molecule has 0 aliphatic heterocycles. The molecular formula is C10H17NO4. The van der Waals surface area contributed by atoms with Crippen molar-refractivity contribution in [3.05, 3.63) is 12.2 Å². The fourth-order valence-electron chi connectivity index (χ4n) is 0.955. The van der Waals surface area contributed by atoms with E-state index < -0.39 is 12.0 Å². The Bertz CT molecular complexity index is 238. The van der Waals surface area contributed by atoms with Gasteiger partial charge in [-0.15, -0.1) is 0 Å². The molecule has 0 heterocycles. The van der Waals surface area contributed by atoms with Crippen LogP contribution in [0.5, 0.6) is 0 Å². The number of nitrogens with one attached hydrogen (secondary N) is 1. The molecule has 86 valence electrons. The van der Waals surface area contributed by atoms with Gasteiger partial charge in [-0.2, -0.15) is 0 Å². The van der Waals surface area contributed by atoms with Gasteiger partial charge in [-0.1, -0.05) is 12.2 Å². The molecule has 0 bridgehead atoms. The van der Waals surface area contributed by atoms with Gasteiger partial charge >= 0.3 is 5.97 Å². The van der Waals surface area contributed by atoms with Crippen LogP contribution in [0.4, 0.5) is 0 Å². The van der Waals surface area contributed by atoms with Gasteiger partial charge < -0.3 is 15.2 Å².